The molecule has 2 aromatic heterocycles. The molecule has 1 fully saturated rings. The van der Waals surface area contributed by atoms with Crippen LogP contribution in [0.5, 0.6) is 0 Å². The topological polar surface area (TPSA) is 92.5 Å². The highest BCUT2D eigenvalue weighted by molar-refractivity contribution is 5.80. The first-order chi connectivity index (χ1) is 14.1. The molecule has 2 aromatic rings. The van der Waals surface area contributed by atoms with E-state index in [9.17, 15) is 0 Å². The number of aromatic nitrogens is 4. The van der Waals surface area contributed by atoms with Crippen LogP contribution in [0.1, 0.15) is 30.2 Å². The molecule has 0 amide bonds. The zero-order valence-corrected chi connectivity index (χ0v) is 17.9. The van der Waals surface area contributed by atoms with Crippen LogP contribution in [0.2, 0.25) is 0 Å². The van der Waals surface area contributed by atoms with Gasteiger partial charge in [-0.3, -0.25) is 0 Å². The third-order valence-electron chi connectivity index (χ3n) is 5.19. The summed E-state index contributed by atoms with van der Waals surface area (Å²) in [5.41, 5.74) is 1.05. The fourth-order valence-electron chi connectivity index (χ4n) is 3.31. The molecule has 9 nitrogen and oxygen atoms in total. The van der Waals surface area contributed by atoms with E-state index in [1.54, 1.807) is 7.11 Å². The number of nitrogens with one attached hydrogen (secondary N) is 2. The predicted molar refractivity (Wildman–Crippen MR) is 114 cm³/mol. The first kappa shape index (κ1) is 21.0. The van der Waals surface area contributed by atoms with Crippen LogP contribution in [0.25, 0.3) is 0 Å². The van der Waals surface area contributed by atoms with Crippen molar-refractivity contribution < 1.29 is 4.74 Å². The first-order valence-corrected chi connectivity index (χ1v) is 10.1. The molecule has 9 heteroatoms. The highest BCUT2D eigenvalue weighted by Gasteiger charge is 2.21. The number of guanidine groups is 1. The van der Waals surface area contributed by atoms with Crippen molar-refractivity contribution in [2.75, 3.05) is 38.3 Å². The standard InChI is InChI=1S/C20H32N8O/c1-15-6-5-7-18(23-15)28-11-8-17(9-12-28)24-20(21-10-13-29-4)22-14-19-26-25-16(2)27(19)3/h5-7,17H,8-14H2,1-4H3,(H2,21,22,24). The van der Waals surface area contributed by atoms with Crippen LogP contribution < -0.4 is 15.5 Å². The number of methoxy groups -OCH3 is 1. The largest absolute Gasteiger partial charge is 0.383 e. The minimum atomic E-state index is 0.367. The summed E-state index contributed by atoms with van der Waals surface area (Å²) in [5.74, 6) is 3.58. The van der Waals surface area contributed by atoms with Crippen LogP contribution in [0.15, 0.2) is 23.2 Å². The number of rotatable bonds is 7. The van der Waals surface area contributed by atoms with Gasteiger partial charge < -0.3 is 24.8 Å². The maximum absolute atomic E-state index is 5.15. The van der Waals surface area contributed by atoms with E-state index in [1.807, 2.05) is 31.5 Å². The van der Waals surface area contributed by atoms with Crippen LogP contribution in [-0.2, 0) is 18.3 Å². The number of pyridine rings is 1. The van der Waals surface area contributed by atoms with E-state index < -0.39 is 0 Å². The number of aryl methyl sites for hydroxylation is 2. The molecule has 2 N–H and O–H groups in total. The second-order valence-electron chi connectivity index (χ2n) is 7.35. The Kier molecular flexibility index (Phi) is 7.40. The van der Waals surface area contributed by atoms with Gasteiger partial charge in [0.25, 0.3) is 0 Å². The van der Waals surface area contributed by atoms with Crippen LogP contribution in [0.4, 0.5) is 5.82 Å². The van der Waals surface area contributed by atoms with Gasteiger partial charge in [-0.25, -0.2) is 9.98 Å². The zero-order valence-electron chi connectivity index (χ0n) is 17.9. The Balaban J connectivity index is 1.57. The minimum Gasteiger partial charge on any atom is -0.383 e. The van der Waals surface area contributed by atoms with Crippen molar-refractivity contribution >= 4 is 11.8 Å². The molecule has 0 spiro atoms. The Morgan fingerprint density at radius 3 is 2.69 bits per heavy atom. The van der Waals surface area contributed by atoms with Gasteiger partial charge in [-0.15, -0.1) is 10.2 Å². The van der Waals surface area contributed by atoms with Gasteiger partial charge in [-0.05, 0) is 38.8 Å². The average molecular weight is 401 g/mol. The monoisotopic (exact) mass is 400 g/mol. The second kappa shape index (κ2) is 10.2. The van der Waals surface area contributed by atoms with Crippen molar-refractivity contribution in [3.8, 4) is 0 Å². The van der Waals surface area contributed by atoms with Crippen LogP contribution in [0.3, 0.4) is 0 Å². The lowest BCUT2D eigenvalue weighted by atomic mass is 10.1. The van der Waals surface area contributed by atoms with Crippen LogP contribution in [-0.4, -0.2) is 65.1 Å². The van der Waals surface area contributed by atoms with Gasteiger partial charge in [0, 0.05) is 45.5 Å². The lowest BCUT2D eigenvalue weighted by Crippen LogP contribution is -2.49. The highest BCUT2D eigenvalue weighted by atomic mass is 16.5. The molecule has 1 saturated heterocycles. The summed E-state index contributed by atoms with van der Waals surface area (Å²) in [5, 5.41) is 15.2. The van der Waals surface area contributed by atoms with E-state index in [-0.39, 0.29) is 0 Å². The van der Waals surface area contributed by atoms with Crippen LogP contribution in [0, 0.1) is 13.8 Å². The number of anilines is 1. The molecule has 1 aliphatic rings. The molecular formula is C20H32N8O. The van der Waals surface area contributed by atoms with Crippen molar-refractivity contribution in [2.24, 2.45) is 12.0 Å². The highest BCUT2D eigenvalue weighted by Crippen LogP contribution is 2.18. The van der Waals surface area contributed by atoms with E-state index in [0.29, 0.717) is 25.7 Å². The van der Waals surface area contributed by atoms with Gasteiger partial charge in [-0.2, -0.15) is 0 Å². The SMILES string of the molecule is COCCNC(=NCc1nnc(C)n1C)NC1CCN(c2cccc(C)n2)CC1. The van der Waals surface area contributed by atoms with Crippen molar-refractivity contribution in [1.82, 2.24) is 30.4 Å². The van der Waals surface area contributed by atoms with Gasteiger partial charge in [0.1, 0.15) is 18.2 Å². The third-order valence-corrected chi connectivity index (χ3v) is 5.19. The Morgan fingerprint density at radius 2 is 2.03 bits per heavy atom. The molecule has 0 unspecified atom stereocenters. The van der Waals surface area contributed by atoms with Gasteiger partial charge in [0.05, 0.1) is 6.61 Å². The quantitative estimate of drug-likeness (QED) is 0.410. The fourth-order valence-corrected chi connectivity index (χ4v) is 3.31. The van der Waals surface area contributed by atoms with E-state index in [2.05, 4.69) is 42.8 Å². The third kappa shape index (κ3) is 5.90. The van der Waals surface area contributed by atoms with Crippen molar-refractivity contribution in [2.45, 2.75) is 39.3 Å². The molecule has 0 aromatic carbocycles. The van der Waals surface area contributed by atoms with Crippen molar-refractivity contribution in [3.05, 3.63) is 35.5 Å². The Bertz CT molecular complexity index is 811. The molecule has 0 saturated carbocycles. The number of hydrogen-bond acceptors (Lipinski definition) is 6. The molecule has 1 aliphatic heterocycles. The molecule has 0 aliphatic carbocycles. The molecule has 0 atom stereocenters. The van der Waals surface area contributed by atoms with Gasteiger partial charge in [0.15, 0.2) is 11.8 Å². The summed E-state index contributed by atoms with van der Waals surface area (Å²) in [6.07, 6.45) is 2.06. The maximum atomic E-state index is 5.15. The van der Waals surface area contributed by atoms with Crippen LogP contribution >= 0.6 is 0 Å². The van der Waals surface area contributed by atoms with Crippen molar-refractivity contribution in [1.29, 1.82) is 0 Å². The maximum Gasteiger partial charge on any atom is 0.192 e. The summed E-state index contributed by atoms with van der Waals surface area (Å²) in [7, 11) is 3.66. The second-order valence-corrected chi connectivity index (χ2v) is 7.35. The number of hydrogen-bond donors (Lipinski definition) is 2. The molecule has 0 radical (unpaired) electrons. The van der Waals surface area contributed by atoms with E-state index in [0.717, 1.165) is 55.1 Å². The Morgan fingerprint density at radius 1 is 1.24 bits per heavy atom. The first-order valence-electron chi connectivity index (χ1n) is 10.1. The molecule has 3 heterocycles. The summed E-state index contributed by atoms with van der Waals surface area (Å²) in [6.45, 7) is 7.72. The van der Waals surface area contributed by atoms with Gasteiger partial charge >= 0.3 is 0 Å². The predicted octanol–water partition coefficient (Wildman–Crippen LogP) is 1.18. The fraction of sp³-hybridized carbons (Fsp3) is 0.600. The average Bonchev–Trinajstić information content (AvgIpc) is 3.04. The number of aliphatic imine (C=N–C) groups is 1. The molecule has 29 heavy (non-hydrogen) atoms. The lowest BCUT2D eigenvalue weighted by molar-refractivity contribution is 0.203. The lowest BCUT2D eigenvalue weighted by Gasteiger charge is -2.34. The number of nitrogens with zero attached hydrogens (tertiary/aromatic N) is 6. The van der Waals surface area contributed by atoms with Gasteiger partial charge in [-0.1, -0.05) is 6.07 Å². The Labute approximate surface area is 172 Å². The summed E-state index contributed by atoms with van der Waals surface area (Å²) >= 11 is 0. The minimum absolute atomic E-state index is 0.367. The van der Waals surface area contributed by atoms with E-state index in [1.165, 1.54) is 0 Å². The van der Waals surface area contributed by atoms with Crippen molar-refractivity contribution in [3.63, 3.8) is 0 Å². The summed E-state index contributed by atoms with van der Waals surface area (Å²) in [4.78, 5) is 11.7. The molecular weight excluding hydrogens is 368 g/mol. The van der Waals surface area contributed by atoms with E-state index >= 15 is 0 Å². The number of piperidine rings is 1. The molecule has 158 valence electrons. The number of ether oxygens (including phenoxy) is 1. The summed E-state index contributed by atoms with van der Waals surface area (Å²) in [6, 6.07) is 6.56. The Hall–Kier alpha value is -2.68. The smallest absolute Gasteiger partial charge is 0.192 e. The molecule has 3 rings (SSSR count). The van der Waals surface area contributed by atoms with E-state index in [4.69, 9.17) is 9.73 Å². The summed E-state index contributed by atoms with van der Waals surface area (Å²) < 4.78 is 7.12. The normalized spacial score (nSPS) is 15.6. The zero-order chi connectivity index (χ0) is 20.6. The van der Waals surface area contributed by atoms with Gasteiger partial charge in [0.2, 0.25) is 0 Å². The molecule has 0 bridgehead atoms.